The van der Waals surface area contributed by atoms with Gasteiger partial charge >= 0.3 is 0 Å². The summed E-state index contributed by atoms with van der Waals surface area (Å²) in [5.41, 5.74) is 2.04. The molecule has 0 bridgehead atoms. The highest BCUT2D eigenvalue weighted by Gasteiger charge is 2.34. The molecule has 1 amide bonds. The van der Waals surface area contributed by atoms with Crippen LogP contribution >= 0.6 is 11.6 Å². The molecule has 3 rings (SSSR count). The van der Waals surface area contributed by atoms with Crippen LogP contribution in [0.1, 0.15) is 24.0 Å². The van der Waals surface area contributed by atoms with Crippen molar-refractivity contribution in [1.82, 2.24) is 5.32 Å². The molecule has 0 atom stereocenters. The van der Waals surface area contributed by atoms with E-state index >= 15 is 0 Å². The van der Waals surface area contributed by atoms with Gasteiger partial charge in [-0.05, 0) is 42.2 Å². The monoisotopic (exact) mass is 355 g/mol. The maximum atomic E-state index is 12.2. The molecule has 25 heavy (non-hydrogen) atoms. The van der Waals surface area contributed by atoms with Gasteiger partial charge in [0.2, 0.25) is 5.91 Å². The zero-order valence-corrected chi connectivity index (χ0v) is 14.8. The van der Waals surface area contributed by atoms with E-state index in [0.717, 1.165) is 29.0 Å². The molecule has 1 saturated heterocycles. The van der Waals surface area contributed by atoms with Crippen LogP contribution in [0, 0.1) is 0 Å². The number of nitrogens with one attached hydrogen (secondary N) is 1. The van der Waals surface area contributed by atoms with Gasteiger partial charge in [0.05, 0.1) is 0 Å². The van der Waals surface area contributed by atoms with Crippen molar-refractivity contribution in [2.75, 3.05) is 19.8 Å². The number of halogens is 1. The first kappa shape index (κ1) is 17.7. The highest BCUT2D eigenvalue weighted by atomic mass is 35.5. The minimum Gasteiger partial charge on any atom is -0.381 e. The van der Waals surface area contributed by atoms with Gasteiger partial charge in [0.25, 0.3) is 0 Å². The van der Waals surface area contributed by atoms with Crippen LogP contribution < -0.4 is 5.32 Å². The van der Waals surface area contributed by atoms with Crippen molar-refractivity contribution in [1.29, 1.82) is 0 Å². The van der Waals surface area contributed by atoms with Gasteiger partial charge in [-0.1, -0.05) is 54.1 Å². The van der Waals surface area contributed by atoms with Gasteiger partial charge in [0.15, 0.2) is 0 Å². The van der Waals surface area contributed by atoms with E-state index in [-0.39, 0.29) is 11.3 Å². The average Bonchev–Trinajstić information content (AvgIpc) is 2.66. The third-order valence-electron chi connectivity index (χ3n) is 4.71. The normalized spacial score (nSPS) is 16.7. The number of carbonyl (C=O) groups excluding carboxylic acids is 1. The molecule has 0 unspecified atom stereocenters. The molecule has 0 aliphatic carbocycles. The fourth-order valence-corrected chi connectivity index (χ4v) is 3.39. The van der Waals surface area contributed by atoms with Crippen molar-refractivity contribution < 1.29 is 9.53 Å². The first-order chi connectivity index (χ1) is 12.2. The Hall–Kier alpha value is -2.10. The largest absolute Gasteiger partial charge is 0.381 e. The molecule has 4 heteroatoms. The summed E-state index contributed by atoms with van der Waals surface area (Å²) in [6, 6.07) is 17.7. The lowest BCUT2D eigenvalue weighted by molar-refractivity contribution is -0.116. The fourth-order valence-electron chi connectivity index (χ4n) is 3.20. The Bertz CT molecular complexity index is 737. The fraction of sp³-hybridized carbons (Fsp3) is 0.286. The summed E-state index contributed by atoms with van der Waals surface area (Å²) < 4.78 is 5.53. The van der Waals surface area contributed by atoms with Crippen molar-refractivity contribution >= 4 is 23.6 Å². The first-order valence-electron chi connectivity index (χ1n) is 8.53. The zero-order valence-electron chi connectivity index (χ0n) is 14.1. The van der Waals surface area contributed by atoms with Crippen LogP contribution in [-0.2, 0) is 14.9 Å². The molecule has 130 valence electrons. The van der Waals surface area contributed by atoms with E-state index in [1.807, 2.05) is 54.6 Å². The predicted molar refractivity (Wildman–Crippen MR) is 102 cm³/mol. The maximum absolute atomic E-state index is 12.2. The van der Waals surface area contributed by atoms with Crippen LogP contribution in [0.4, 0.5) is 0 Å². The van der Waals surface area contributed by atoms with Gasteiger partial charge in [-0.2, -0.15) is 0 Å². The number of amides is 1. The van der Waals surface area contributed by atoms with E-state index in [4.69, 9.17) is 16.3 Å². The quantitative estimate of drug-likeness (QED) is 0.815. The maximum Gasteiger partial charge on any atom is 0.244 e. The molecule has 1 heterocycles. The van der Waals surface area contributed by atoms with Gasteiger partial charge in [-0.25, -0.2) is 0 Å². The van der Waals surface area contributed by atoms with E-state index in [1.165, 1.54) is 0 Å². The van der Waals surface area contributed by atoms with Crippen molar-refractivity contribution in [3.05, 3.63) is 76.8 Å². The van der Waals surface area contributed by atoms with E-state index in [1.54, 1.807) is 6.08 Å². The molecular formula is C21H22ClNO2. The first-order valence-corrected chi connectivity index (χ1v) is 8.91. The highest BCUT2D eigenvalue weighted by molar-refractivity contribution is 6.30. The van der Waals surface area contributed by atoms with Gasteiger partial charge in [0.1, 0.15) is 0 Å². The van der Waals surface area contributed by atoms with Gasteiger partial charge in [-0.3, -0.25) is 4.79 Å². The molecule has 1 N–H and O–H groups in total. The molecule has 0 aromatic heterocycles. The Balaban J connectivity index is 1.69. The minimum atomic E-state index is -0.126. The van der Waals surface area contributed by atoms with Gasteiger partial charge in [0, 0.05) is 36.3 Å². The summed E-state index contributed by atoms with van der Waals surface area (Å²) in [5, 5.41) is 3.78. The SMILES string of the molecule is O=C(/C=C/c1ccccc1)NCC1(c2cccc(Cl)c2)CCOCC1. The van der Waals surface area contributed by atoms with Crippen LogP contribution in [0.15, 0.2) is 60.7 Å². The zero-order chi connectivity index (χ0) is 17.5. The van der Waals surface area contributed by atoms with E-state index < -0.39 is 0 Å². The molecule has 1 aliphatic rings. The van der Waals surface area contributed by atoms with Crippen LogP contribution in [0.3, 0.4) is 0 Å². The summed E-state index contributed by atoms with van der Waals surface area (Å²) in [7, 11) is 0. The number of carbonyl (C=O) groups is 1. The Morgan fingerprint density at radius 3 is 2.60 bits per heavy atom. The summed E-state index contributed by atoms with van der Waals surface area (Å²) >= 11 is 6.18. The number of hydrogen-bond donors (Lipinski definition) is 1. The second-order valence-electron chi connectivity index (χ2n) is 6.36. The lowest BCUT2D eigenvalue weighted by Crippen LogP contribution is -2.44. The van der Waals surface area contributed by atoms with Crippen LogP contribution in [-0.4, -0.2) is 25.7 Å². The van der Waals surface area contributed by atoms with Crippen molar-refractivity contribution in [2.24, 2.45) is 0 Å². The number of ether oxygens (including phenoxy) is 1. The standard InChI is InChI=1S/C21H22ClNO2/c22-19-8-4-7-18(15-19)21(11-13-25-14-12-21)16-23-20(24)10-9-17-5-2-1-3-6-17/h1-10,15H,11-14,16H2,(H,23,24)/b10-9+. The topological polar surface area (TPSA) is 38.3 Å². The van der Waals surface area contributed by atoms with Gasteiger partial charge < -0.3 is 10.1 Å². The smallest absolute Gasteiger partial charge is 0.244 e. The summed E-state index contributed by atoms with van der Waals surface area (Å²) in [4.78, 5) is 12.2. The Kier molecular flexibility index (Phi) is 5.90. The van der Waals surface area contributed by atoms with Crippen LogP contribution in [0.2, 0.25) is 5.02 Å². The van der Waals surface area contributed by atoms with Gasteiger partial charge in [-0.15, -0.1) is 0 Å². The minimum absolute atomic E-state index is 0.0863. The molecule has 1 fully saturated rings. The Labute approximate surface area is 153 Å². The molecule has 2 aromatic carbocycles. The molecule has 0 saturated carbocycles. The molecule has 0 radical (unpaired) electrons. The molecule has 0 spiro atoms. The Morgan fingerprint density at radius 2 is 1.88 bits per heavy atom. The lowest BCUT2D eigenvalue weighted by Gasteiger charge is -2.38. The molecule has 1 aliphatic heterocycles. The third-order valence-corrected chi connectivity index (χ3v) is 4.95. The van der Waals surface area contributed by atoms with E-state index in [2.05, 4.69) is 11.4 Å². The van der Waals surface area contributed by atoms with Crippen molar-refractivity contribution in [2.45, 2.75) is 18.3 Å². The molecule has 3 nitrogen and oxygen atoms in total. The van der Waals surface area contributed by atoms with E-state index in [0.29, 0.717) is 19.8 Å². The van der Waals surface area contributed by atoms with Crippen molar-refractivity contribution in [3.8, 4) is 0 Å². The molecular weight excluding hydrogens is 334 g/mol. The highest BCUT2D eigenvalue weighted by Crippen LogP contribution is 2.35. The Morgan fingerprint density at radius 1 is 1.12 bits per heavy atom. The van der Waals surface area contributed by atoms with Crippen LogP contribution in [0.5, 0.6) is 0 Å². The summed E-state index contributed by atoms with van der Waals surface area (Å²) in [6.07, 6.45) is 5.15. The van der Waals surface area contributed by atoms with Crippen LogP contribution in [0.25, 0.3) is 6.08 Å². The summed E-state index contributed by atoms with van der Waals surface area (Å²) in [6.45, 7) is 1.97. The second kappa shape index (κ2) is 8.32. The number of hydrogen-bond acceptors (Lipinski definition) is 2. The predicted octanol–water partition coefficient (Wildman–Crippen LogP) is 4.22. The molecule has 2 aromatic rings. The number of rotatable bonds is 5. The summed E-state index contributed by atoms with van der Waals surface area (Å²) in [5.74, 6) is -0.0863. The van der Waals surface area contributed by atoms with Crippen molar-refractivity contribution in [3.63, 3.8) is 0 Å². The second-order valence-corrected chi connectivity index (χ2v) is 6.80. The number of benzene rings is 2. The third kappa shape index (κ3) is 4.71. The lowest BCUT2D eigenvalue weighted by atomic mass is 9.74. The average molecular weight is 356 g/mol. The van der Waals surface area contributed by atoms with E-state index in [9.17, 15) is 4.79 Å².